The lowest BCUT2D eigenvalue weighted by Crippen LogP contribution is -2.66. The number of carbonyl (C=O) groups excluding carboxylic acids is 1. The lowest BCUT2D eigenvalue weighted by atomic mass is 9.32. The highest BCUT2D eigenvalue weighted by Gasteiger charge is 2.72. The lowest BCUT2D eigenvalue weighted by molar-refractivity contribution is -0.246. The van der Waals surface area contributed by atoms with Gasteiger partial charge in [0, 0.05) is 11.5 Å². The van der Waals surface area contributed by atoms with E-state index in [0.29, 0.717) is 34.0 Å². The molecule has 5 aliphatic carbocycles. The van der Waals surface area contributed by atoms with Crippen LogP contribution in [0.2, 0.25) is 0 Å². The smallest absolute Gasteiger partial charge is 0.334 e. The van der Waals surface area contributed by atoms with Crippen molar-refractivity contribution in [3.8, 4) is 0 Å². The molecular weight excluding hydrogens is 408 g/mol. The van der Waals surface area contributed by atoms with Gasteiger partial charge in [0.05, 0.1) is 6.10 Å². The van der Waals surface area contributed by atoms with Crippen LogP contribution in [0.1, 0.15) is 99.3 Å². The van der Waals surface area contributed by atoms with Crippen molar-refractivity contribution in [2.75, 3.05) is 0 Å². The summed E-state index contributed by atoms with van der Waals surface area (Å²) < 4.78 is 5.86. The van der Waals surface area contributed by atoms with Gasteiger partial charge in [-0.3, -0.25) is 0 Å². The number of hydrogen-bond donors (Lipinski definition) is 1. The van der Waals surface area contributed by atoms with Gasteiger partial charge in [0.25, 0.3) is 0 Å². The summed E-state index contributed by atoms with van der Waals surface area (Å²) in [5, 5.41) is 10.9. The van der Waals surface area contributed by atoms with Crippen molar-refractivity contribution in [2.24, 2.45) is 56.7 Å². The van der Waals surface area contributed by atoms with Crippen LogP contribution in [0.5, 0.6) is 0 Å². The first-order chi connectivity index (χ1) is 15.3. The summed E-state index contributed by atoms with van der Waals surface area (Å²) in [6.07, 6.45) is 10.8. The molecule has 0 aromatic heterocycles. The van der Waals surface area contributed by atoms with E-state index in [-0.39, 0.29) is 34.9 Å². The van der Waals surface area contributed by atoms with E-state index in [0.717, 1.165) is 24.3 Å². The molecule has 0 unspecified atom stereocenters. The summed E-state index contributed by atoms with van der Waals surface area (Å²) in [6.45, 7) is 19.3. The third kappa shape index (κ3) is 2.49. The minimum atomic E-state index is -0.163. The highest BCUT2D eigenvalue weighted by molar-refractivity contribution is 5.91. The summed E-state index contributed by atoms with van der Waals surface area (Å²) in [7, 11) is 0. The van der Waals surface area contributed by atoms with Crippen molar-refractivity contribution in [1.29, 1.82) is 0 Å². The van der Waals surface area contributed by atoms with Gasteiger partial charge in [0.1, 0.15) is 6.10 Å². The molecule has 0 radical (unpaired) electrons. The van der Waals surface area contributed by atoms with Crippen LogP contribution in [0.15, 0.2) is 12.2 Å². The molecule has 1 aliphatic heterocycles. The topological polar surface area (TPSA) is 46.5 Å². The minimum absolute atomic E-state index is 0.00911. The molecule has 5 saturated carbocycles. The van der Waals surface area contributed by atoms with Crippen LogP contribution in [-0.4, -0.2) is 23.3 Å². The Morgan fingerprint density at radius 1 is 0.879 bits per heavy atom. The zero-order chi connectivity index (χ0) is 23.8. The van der Waals surface area contributed by atoms with Crippen molar-refractivity contribution in [3.05, 3.63) is 12.2 Å². The fourth-order valence-electron chi connectivity index (χ4n) is 11.9. The zero-order valence-electron chi connectivity index (χ0n) is 21.9. The van der Waals surface area contributed by atoms with E-state index in [1.165, 1.54) is 44.9 Å². The summed E-state index contributed by atoms with van der Waals surface area (Å²) in [5.74, 6) is 2.63. The Morgan fingerprint density at radius 3 is 2.33 bits per heavy atom. The van der Waals surface area contributed by atoms with Gasteiger partial charge in [0.15, 0.2) is 0 Å². The van der Waals surface area contributed by atoms with Crippen LogP contribution in [-0.2, 0) is 9.53 Å². The second kappa shape index (κ2) is 6.48. The Morgan fingerprint density at radius 2 is 1.61 bits per heavy atom. The quantitative estimate of drug-likeness (QED) is 0.334. The molecular formula is C30H46O3. The third-order valence-corrected chi connectivity index (χ3v) is 13.7. The highest BCUT2D eigenvalue weighted by atomic mass is 16.6. The van der Waals surface area contributed by atoms with Gasteiger partial charge < -0.3 is 9.84 Å². The first kappa shape index (κ1) is 22.6. The molecule has 0 bridgehead atoms. The van der Waals surface area contributed by atoms with Crippen LogP contribution in [0.3, 0.4) is 0 Å². The van der Waals surface area contributed by atoms with Crippen LogP contribution in [0, 0.1) is 56.7 Å². The van der Waals surface area contributed by atoms with E-state index >= 15 is 0 Å². The van der Waals surface area contributed by atoms with E-state index in [2.05, 4.69) is 48.1 Å². The first-order valence-corrected chi connectivity index (χ1v) is 13.9. The van der Waals surface area contributed by atoms with Gasteiger partial charge in [-0.2, -0.15) is 0 Å². The Hall–Kier alpha value is -0.830. The van der Waals surface area contributed by atoms with Gasteiger partial charge in [0.2, 0.25) is 0 Å². The molecule has 3 nitrogen and oxygen atoms in total. The molecule has 0 aromatic carbocycles. The van der Waals surface area contributed by atoms with Crippen LogP contribution in [0.25, 0.3) is 0 Å². The van der Waals surface area contributed by atoms with Gasteiger partial charge in [-0.1, -0.05) is 48.1 Å². The number of aliphatic hydroxyl groups excluding tert-OH is 1. The Balaban J connectivity index is 1.40. The Bertz CT molecular complexity index is 906. The average molecular weight is 455 g/mol. The zero-order valence-corrected chi connectivity index (χ0v) is 21.9. The number of fused-ring (bicyclic) bond motifs is 9. The molecule has 1 N–H and O–H groups in total. The van der Waals surface area contributed by atoms with Crippen molar-refractivity contribution in [2.45, 2.75) is 112 Å². The summed E-state index contributed by atoms with van der Waals surface area (Å²) >= 11 is 0. The third-order valence-electron chi connectivity index (χ3n) is 13.7. The predicted octanol–water partition coefficient (Wildman–Crippen LogP) is 6.54. The standard InChI is InChI=1S/C30H46O3/c1-17-23-19(33-25(17)32)16-27(4)14-15-29(6)18(24(23)27)8-9-21-28(5)12-11-22(31)26(2,3)20(28)10-13-30(21,29)7/h18-24,31H,1,8-16H2,2-7H3/t18-,19-,20+,21-,22+,23-,24+,27+,28+,29-,30-/m1/s1. The monoisotopic (exact) mass is 454 g/mol. The average Bonchev–Trinajstić information content (AvgIpc) is 3.17. The molecule has 0 spiro atoms. The van der Waals surface area contributed by atoms with Crippen molar-refractivity contribution in [3.63, 3.8) is 0 Å². The van der Waals surface area contributed by atoms with E-state index in [9.17, 15) is 9.90 Å². The SMILES string of the molecule is C=C1C(=O)O[C@@H]2C[C@]3(C)CC[C@]4(C)[C@H](CC[C@@H]5[C@@]6(C)CC[C@H](O)C(C)(C)[C@@H]6CC[C@]54C)[C@H]3[C@H]12. The maximum atomic E-state index is 12.4. The highest BCUT2D eigenvalue weighted by Crippen LogP contribution is 2.77. The van der Waals surface area contributed by atoms with Gasteiger partial charge in [-0.15, -0.1) is 0 Å². The number of esters is 1. The molecule has 1 heterocycles. The maximum absolute atomic E-state index is 12.4. The van der Waals surface area contributed by atoms with E-state index in [1.54, 1.807) is 0 Å². The fourth-order valence-corrected chi connectivity index (χ4v) is 11.9. The predicted molar refractivity (Wildman–Crippen MR) is 130 cm³/mol. The molecule has 3 heteroatoms. The van der Waals surface area contributed by atoms with Crippen molar-refractivity contribution >= 4 is 5.97 Å². The number of rotatable bonds is 0. The molecule has 33 heavy (non-hydrogen) atoms. The second-order valence-corrected chi connectivity index (χ2v) is 14.9. The fraction of sp³-hybridized carbons (Fsp3) is 0.900. The number of carbonyl (C=O) groups is 1. The van der Waals surface area contributed by atoms with E-state index in [1.807, 2.05) is 0 Å². The summed E-state index contributed by atoms with van der Waals surface area (Å²) in [5.41, 5.74) is 2.00. The summed E-state index contributed by atoms with van der Waals surface area (Å²) in [6, 6.07) is 0. The van der Waals surface area contributed by atoms with Crippen molar-refractivity contribution in [1.82, 2.24) is 0 Å². The molecule has 1 saturated heterocycles. The molecule has 11 atom stereocenters. The molecule has 0 amide bonds. The number of aliphatic hydroxyl groups is 1. The molecule has 6 fully saturated rings. The molecule has 184 valence electrons. The Kier molecular flexibility index (Phi) is 4.44. The maximum Gasteiger partial charge on any atom is 0.334 e. The van der Waals surface area contributed by atoms with E-state index < -0.39 is 0 Å². The normalized spacial score (nSPS) is 59.1. The molecule has 0 aromatic rings. The summed E-state index contributed by atoms with van der Waals surface area (Å²) in [4.78, 5) is 12.4. The van der Waals surface area contributed by atoms with Gasteiger partial charge in [-0.25, -0.2) is 4.79 Å². The van der Waals surface area contributed by atoms with Gasteiger partial charge in [-0.05, 0) is 109 Å². The molecule has 6 aliphatic rings. The van der Waals surface area contributed by atoms with Crippen LogP contribution < -0.4 is 0 Å². The van der Waals surface area contributed by atoms with Crippen LogP contribution in [0.4, 0.5) is 0 Å². The first-order valence-electron chi connectivity index (χ1n) is 13.9. The minimum Gasteiger partial charge on any atom is -0.458 e. The molecule has 6 rings (SSSR count). The largest absolute Gasteiger partial charge is 0.458 e. The lowest BCUT2D eigenvalue weighted by Gasteiger charge is -2.72. The van der Waals surface area contributed by atoms with Crippen molar-refractivity contribution < 1.29 is 14.6 Å². The van der Waals surface area contributed by atoms with Gasteiger partial charge >= 0.3 is 5.97 Å². The number of ether oxygens (including phenoxy) is 1. The van der Waals surface area contributed by atoms with E-state index in [4.69, 9.17) is 4.74 Å². The second-order valence-electron chi connectivity index (χ2n) is 14.9. The van der Waals surface area contributed by atoms with Crippen LogP contribution >= 0.6 is 0 Å². The Labute approximate surface area is 201 Å². The number of hydrogen-bond acceptors (Lipinski definition) is 3.